The maximum Gasteiger partial charge on any atom is 0.419 e. The third-order valence-corrected chi connectivity index (χ3v) is 2.96. The number of aliphatic hydroxyl groups is 1. The number of rotatable bonds is 4. The zero-order valence-corrected chi connectivity index (χ0v) is 13.1. The topological polar surface area (TPSA) is 60.7 Å². The summed E-state index contributed by atoms with van der Waals surface area (Å²) in [5, 5.41) is 10.3. The second-order valence-corrected chi connectivity index (χ2v) is 5.93. The van der Waals surface area contributed by atoms with Crippen molar-refractivity contribution in [1.82, 2.24) is 4.57 Å². The van der Waals surface area contributed by atoms with Gasteiger partial charge in [-0.1, -0.05) is 12.7 Å². The van der Waals surface area contributed by atoms with E-state index < -0.39 is 11.7 Å². The minimum atomic E-state index is -0.614. The lowest BCUT2D eigenvalue weighted by Crippen LogP contribution is -2.28. The Labute approximate surface area is 129 Å². The van der Waals surface area contributed by atoms with Gasteiger partial charge in [0.1, 0.15) is 18.0 Å². The van der Waals surface area contributed by atoms with Gasteiger partial charge in [-0.3, -0.25) is 0 Å². The average molecular weight is 303 g/mol. The number of aliphatic hydroxyl groups excluding tert-OH is 1. The molecule has 2 aromatic rings. The number of aromatic nitrogens is 1. The molecule has 5 nitrogen and oxygen atoms in total. The molecule has 0 amide bonds. The van der Waals surface area contributed by atoms with Gasteiger partial charge in [-0.25, -0.2) is 9.36 Å². The summed E-state index contributed by atoms with van der Waals surface area (Å²) in [6, 6.07) is 7.17. The molecule has 0 aliphatic rings. The molecule has 0 saturated heterocycles. The maximum absolute atomic E-state index is 12.4. The zero-order valence-electron chi connectivity index (χ0n) is 13.1. The second kappa shape index (κ2) is 6.23. The van der Waals surface area contributed by atoms with Crippen molar-refractivity contribution in [3.63, 3.8) is 0 Å². The standard InChI is InChI=1S/C17H21NO4/c1-5-8-21-14-7-6-12-9-13(11-19)18(15(12)10-14)16(20)22-17(2,3)4/h5-7,9-10,19H,1,8,11H2,2-4H3. The lowest BCUT2D eigenvalue weighted by Gasteiger charge is -2.20. The summed E-state index contributed by atoms with van der Waals surface area (Å²) in [5.41, 5.74) is 0.502. The van der Waals surface area contributed by atoms with Crippen LogP contribution in [0.3, 0.4) is 0 Å². The summed E-state index contributed by atoms with van der Waals surface area (Å²) >= 11 is 0. The molecule has 0 aliphatic carbocycles. The van der Waals surface area contributed by atoms with Crippen LogP contribution in [0.15, 0.2) is 36.9 Å². The normalized spacial score (nSPS) is 11.5. The number of benzene rings is 1. The van der Waals surface area contributed by atoms with Crippen molar-refractivity contribution in [3.05, 3.63) is 42.6 Å². The van der Waals surface area contributed by atoms with Crippen LogP contribution in [0.25, 0.3) is 10.9 Å². The van der Waals surface area contributed by atoms with Crippen molar-refractivity contribution in [2.45, 2.75) is 33.0 Å². The first kappa shape index (κ1) is 16.1. The van der Waals surface area contributed by atoms with Crippen LogP contribution in [0.4, 0.5) is 4.79 Å². The fraction of sp³-hybridized carbons (Fsp3) is 0.353. The van der Waals surface area contributed by atoms with Crippen molar-refractivity contribution < 1.29 is 19.4 Å². The molecule has 5 heteroatoms. The number of carbonyl (C=O) groups is 1. The van der Waals surface area contributed by atoms with Crippen molar-refractivity contribution in [1.29, 1.82) is 0 Å². The number of fused-ring (bicyclic) bond motifs is 1. The van der Waals surface area contributed by atoms with Crippen LogP contribution in [-0.4, -0.2) is 28.0 Å². The summed E-state index contributed by atoms with van der Waals surface area (Å²) in [6.07, 6.45) is 1.13. The molecule has 0 saturated carbocycles. The van der Waals surface area contributed by atoms with Crippen LogP contribution >= 0.6 is 0 Å². The molecule has 1 heterocycles. The summed E-state index contributed by atoms with van der Waals surface area (Å²) < 4.78 is 12.3. The maximum atomic E-state index is 12.4. The summed E-state index contributed by atoms with van der Waals surface area (Å²) in [6.45, 7) is 9.13. The van der Waals surface area contributed by atoms with E-state index in [4.69, 9.17) is 9.47 Å². The van der Waals surface area contributed by atoms with E-state index in [2.05, 4.69) is 6.58 Å². The van der Waals surface area contributed by atoms with Crippen LogP contribution in [0.5, 0.6) is 5.75 Å². The SMILES string of the molecule is C=CCOc1ccc2cc(CO)n(C(=O)OC(C)(C)C)c2c1. The highest BCUT2D eigenvalue weighted by Gasteiger charge is 2.22. The molecule has 0 atom stereocenters. The first-order chi connectivity index (χ1) is 10.4. The Balaban J connectivity index is 2.49. The third kappa shape index (κ3) is 3.49. The van der Waals surface area contributed by atoms with Crippen molar-refractivity contribution in [2.75, 3.05) is 6.61 Å². The molecule has 1 N–H and O–H groups in total. The average Bonchev–Trinajstić information content (AvgIpc) is 2.80. The lowest BCUT2D eigenvalue weighted by molar-refractivity contribution is 0.0533. The van der Waals surface area contributed by atoms with Gasteiger partial charge in [-0.05, 0) is 39.0 Å². The number of nitrogens with zero attached hydrogens (tertiary/aromatic N) is 1. The van der Waals surface area contributed by atoms with Crippen LogP contribution in [-0.2, 0) is 11.3 Å². The molecule has 0 fully saturated rings. The minimum absolute atomic E-state index is 0.253. The van der Waals surface area contributed by atoms with Crippen molar-refractivity contribution >= 4 is 17.0 Å². The number of hydrogen-bond acceptors (Lipinski definition) is 4. The summed E-state index contributed by atoms with van der Waals surface area (Å²) in [4.78, 5) is 12.4. The molecule has 0 spiro atoms. The van der Waals surface area contributed by atoms with E-state index in [0.29, 0.717) is 23.6 Å². The summed E-state index contributed by atoms with van der Waals surface area (Å²) in [5.74, 6) is 0.625. The van der Waals surface area contributed by atoms with Gasteiger partial charge >= 0.3 is 6.09 Å². The van der Waals surface area contributed by atoms with Gasteiger partial charge < -0.3 is 14.6 Å². The van der Waals surface area contributed by atoms with E-state index in [0.717, 1.165) is 5.39 Å². The first-order valence-electron chi connectivity index (χ1n) is 7.08. The zero-order chi connectivity index (χ0) is 16.3. The molecule has 0 unspecified atom stereocenters. The molecule has 0 radical (unpaired) electrons. The summed E-state index contributed by atoms with van der Waals surface area (Å²) in [7, 11) is 0. The van der Waals surface area contributed by atoms with Gasteiger partial charge in [0.15, 0.2) is 0 Å². The first-order valence-corrected chi connectivity index (χ1v) is 7.08. The van der Waals surface area contributed by atoms with E-state index in [-0.39, 0.29) is 6.61 Å². The molecular weight excluding hydrogens is 282 g/mol. The second-order valence-electron chi connectivity index (χ2n) is 5.93. The van der Waals surface area contributed by atoms with Gasteiger partial charge in [0, 0.05) is 11.5 Å². The Morgan fingerprint density at radius 1 is 1.36 bits per heavy atom. The van der Waals surface area contributed by atoms with E-state index in [1.54, 1.807) is 39.0 Å². The minimum Gasteiger partial charge on any atom is -0.489 e. The largest absolute Gasteiger partial charge is 0.489 e. The molecular formula is C17H21NO4. The Kier molecular flexibility index (Phi) is 4.56. The van der Waals surface area contributed by atoms with Crippen LogP contribution < -0.4 is 4.74 Å². The number of carbonyl (C=O) groups excluding carboxylic acids is 1. The van der Waals surface area contributed by atoms with Gasteiger partial charge in [-0.15, -0.1) is 0 Å². The molecule has 118 valence electrons. The van der Waals surface area contributed by atoms with Crippen LogP contribution in [0.1, 0.15) is 26.5 Å². The van der Waals surface area contributed by atoms with Gasteiger partial charge in [0.25, 0.3) is 0 Å². The van der Waals surface area contributed by atoms with Gasteiger partial charge in [-0.2, -0.15) is 0 Å². The van der Waals surface area contributed by atoms with E-state index in [1.165, 1.54) is 4.57 Å². The highest BCUT2D eigenvalue weighted by Crippen LogP contribution is 2.26. The lowest BCUT2D eigenvalue weighted by atomic mass is 10.2. The Bertz CT molecular complexity index is 694. The van der Waals surface area contributed by atoms with Crippen molar-refractivity contribution in [3.8, 4) is 5.75 Å². The smallest absolute Gasteiger partial charge is 0.419 e. The third-order valence-electron chi connectivity index (χ3n) is 2.96. The predicted molar refractivity (Wildman–Crippen MR) is 85.2 cm³/mol. The van der Waals surface area contributed by atoms with Gasteiger partial charge in [0.05, 0.1) is 17.8 Å². The number of hydrogen-bond donors (Lipinski definition) is 1. The Hall–Kier alpha value is -2.27. The molecule has 0 bridgehead atoms. The molecule has 1 aromatic carbocycles. The van der Waals surface area contributed by atoms with E-state index >= 15 is 0 Å². The molecule has 22 heavy (non-hydrogen) atoms. The van der Waals surface area contributed by atoms with E-state index in [1.807, 2.05) is 12.1 Å². The van der Waals surface area contributed by atoms with Crippen LogP contribution in [0, 0.1) is 0 Å². The monoisotopic (exact) mass is 303 g/mol. The molecule has 1 aromatic heterocycles. The molecule has 0 aliphatic heterocycles. The predicted octanol–water partition coefficient (Wildman–Crippen LogP) is 3.48. The Morgan fingerprint density at radius 2 is 2.09 bits per heavy atom. The number of ether oxygens (including phenoxy) is 2. The van der Waals surface area contributed by atoms with Crippen molar-refractivity contribution in [2.24, 2.45) is 0 Å². The molecule has 2 rings (SSSR count). The quantitative estimate of drug-likeness (QED) is 0.878. The highest BCUT2D eigenvalue weighted by atomic mass is 16.6. The van der Waals surface area contributed by atoms with E-state index in [9.17, 15) is 9.90 Å². The fourth-order valence-corrected chi connectivity index (χ4v) is 2.12. The Morgan fingerprint density at radius 3 is 2.68 bits per heavy atom. The van der Waals surface area contributed by atoms with Crippen LogP contribution in [0.2, 0.25) is 0 Å². The highest BCUT2D eigenvalue weighted by molar-refractivity contribution is 5.91. The van der Waals surface area contributed by atoms with Gasteiger partial charge in [0.2, 0.25) is 0 Å². The fourth-order valence-electron chi connectivity index (χ4n) is 2.12.